The summed E-state index contributed by atoms with van der Waals surface area (Å²) in [6.07, 6.45) is 1.48. The molecule has 0 saturated carbocycles. The van der Waals surface area contributed by atoms with E-state index in [1.165, 1.54) is 6.08 Å². The number of carbonyl (C=O) groups excluding carboxylic acids is 1. The average Bonchev–Trinajstić information content (AvgIpc) is 2.92. The van der Waals surface area contributed by atoms with Crippen LogP contribution in [0.2, 0.25) is 10.2 Å². The monoisotopic (exact) mass is 398 g/mol. The normalized spacial score (nSPS) is 11.4. The van der Waals surface area contributed by atoms with E-state index in [2.05, 4.69) is 0 Å². The number of nitrogens with zero attached hydrogens (tertiary/aromatic N) is 2. The molecule has 136 valence electrons. The third-order valence-electron chi connectivity index (χ3n) is 4.08. The van der Waals surface area contributed by atoms with Crippen molar-refractivity contribution in [2.45, 2.75) is 13.5 Å². The van der Waals surface area contributed by atoms with E-state index in [9.17, 15) is 10.1 Å². The molecule has 0 radical (unpaired) electrons. The molecule has 0 bridgehead atoms. The summed E-state index contributed by atoms with van der Waals surface area (Å²) in [5.74, 6) is -0.664. The summed E-state index contributed by atoms with van der Waals surface area (Å²) in [6.45, 7) is 2.40. The van der Waals surface area contributed by atoms with E-state index in [0.717, 1.165) is 16.5 Å². The van der Waals surface area contributed by atoms with Gasteiger partial charge < -0.3 is 9.30 Å². The first-order chi connectivity index (χ1) is 13.0. The molecule has 3 rings (SSSR count). The van der Waals surface area contributed by atoms with Gasteiger partial charge in [-0.25, -0.2) is 4.79 Å². The molecule has 0 aliphatic rings. The highest BCUT2D eigenvalue weighted by Gasteiger charge is 2.17. The van der Waals surface area contributed by atoms with Crippen molar-refractivity contribution in [1.82, 2.24) is 4.57 Å². The van der Waals surface area contributed by atoms with Gasteiger partial charge in [0.25, 0.3) is 0 Å². The quantitative estimate of drug-likeness (QED) is 0.325. The van der Waals surface area contributed by atoms with Crippen molar-refractivity contribution < 1.29 is 9.53 Å². The summed E-state index contributed by atoms with van der Waals surface area (Å²) < 4.78 is 6.87. The molecule has 0 aliphatic carbocycles. The first-order valence-corrected chi connectivity index (χ1v) is 9.10. The van der Waals surface area contributed by atoms with Crippen LogP contribution in [-0.2, 0) is 16.1 Å². The van der Waals surface area contributed by atoms with Gasteiger partial charge in [-0.05, 0) is 36.8 Å². The second-order valence-electron chi connectivity index (χ2n) is 5.83. The standard InChI is InChI=1S/C21H16Cl2N2O2/c1-2-27-21(26)15(12-24)11-18-17-8-3-4-9-19(17)25(20(18)23)13-14-6-5-7-16(22)10-14/h3-11H,2,13H2,1H3. The Labute approximate surface area is 167 Å². The van der Waals surface area contributed by atoms with Crippen LogP contribution in [0.25, 0.3) is 17.0 Å². The Bertz CT molecular complexity index is 1080. The molecule has 0 unspecified atom stereocenters. The van der Waals surface area contributed by atoms with Crippen molar-refractivity contribution in [3.05, 3.63) is 75.4 Å². The van der Waals surface area contributed by atoms with Crippen LogP contribution in [0.1, 0.15) is 18.1 Å². The van der Waals surface area contributed by atoms with E-state index in [1.807, 2.05) is 59.2 Å². The van der Waals surface area contributed by atoms with Gasteiger partial charge >= 0.3 is 5.97 Å². The lowest BCUT2D eigenvalue weighted by Crippen LogP contribution is -2.06. The first-order valence-electron chi connectivity index (χ1n) is 8.35. The smallest absolute Gasteiger partial charge is 0.348 e. The molecule has 1 heterocycles. The number of nitriles is 1. The predicted octanol–water partition coefficient (Wildman–Crippen LogP) is 5.47. The van der Waals surface area contributed by atoms with Crippen LogP contribution < -0.4 is 0 Å². The number of ether oxygens (including phenoxy) is 1. The maximum absolute atomic E-state index is 12.0. The van der Waals surface area contributed by atoms with Gasteiger partial charge in [-0.3, -0.25) is 0 Å². The molecule has 0 fully saturated rings. The van der Waals surface area contributed by atoms with E-state index < -0.39 is 5.97 Å². The molecular formula is C21H16Cl2N2O2. The Morgan fingerprint density at radius 2 is 2.00 bits per heavy atom. The lowest BCUT2D eigenvalue weighted by Gasteiger charge is -2.08. The van der Waals surface area contributed by atoms with Crippen LogP contribution in [-0.4, -0.2) is 17.1 Å². The average molecular weight is 399 g/mol. The molecule has 0 amide bonds. The lowest BCUT2D eigenvalue weighted by atomic mass is 10.1. The number of esters is 1. The van der Waals surface area contributed by atoms with Gasteiger partial charge in [0, 0.05) is 22.5 Å². The Morgan fingerprint density at radius 1 is 1.22 bits per heavy atom. The van der Waals surface area contributed by atoms with Crippen molar-refractivity contribution in [1.29, 1.82) is 5.26 Å². The third kappa shape index (κ3) is 4.00. The predicted molar refractivity (Wildman–Crippen MR) is 108 cm³/mol. The van der Waals surface area contributed by atoms with Crippen LogP contribution in [0.4, 0.5) is 0 Å². The van der Waals surface area contributed by atoms with Gasteiger partial charge in [0.1, 0.15) is 16.8 Å². The van der Waals surface area contributed by atoms with Crippen molar-refractivity contribution in [3.8, 4) is 6.07 Å². The number of para-hydroxylation sites is 1. The third-order valence-corrected chi connectivity index (χ3v) is 4.72. The minimum Gasteiger partial charge on any atom is -0.462 e. The number of halogens is 2. The van der Waals surface area contributed by atoms with Gasteiger partial charge in [-0.2, -0.15) is 5.26 Å². The molecule has 0 N–H and O–H groups in total. The Balaban J connectivity index is 2.14. The van der Waals surface area contributed by atoms with E-state index in [4.69, 9.17) is 27.9 Å². The molecular weight excluding hydrogens is 383 g/mol. The second-order valence-corrected chi connectivity index (χ2v) is 6.62. The number of hydrogen-bond donors (Lipinski definition) is 0. The van der Waals surface area contributed by atoms with E-state index in [1.54, 1.807) is 6.92 Å². The minimum atomic E-state index is -0.664. The van der Waals surface area contributed by atoms with E-state index >= 15 is 0 Å². The largest absolute Gasteiger partial charge is 0.462 e. The number of aromatic nitrogens is 1. The van der Waals surface area contributed by atoms with Crippen LogP contribution in [0.5, 0.6) is 0 Å². The van der Waals surface area contributed by atoms with Crippen molar-refractivity contribution >= 4 is 46.2 Å². The number of carbonyl (C=O) groups is 1. The highest BCUT2D eigenvalue weighted by molar-refractivity contribution is 6.33. The highest BCUT2D eigenvalue weighted by Crippen LogP contribution is 2.33. The molecule has 6 heteroatoms. The van der Waals surface area contributed by atoms with E-state index in [-0.39, 0.29) is 12.2 Å². The van der Waals surface area contributed by atoms with Gasteiger partial charge in [-0.1, -0.05) is 53.5 Å². The molecule has 4 nitrogen and oxygen atoms in total. The summed E-state index contributed by atoms with van der Waals surface area (Å²) >= 11 is 12.7. The van der Waals surface area contributed by atoms with Gasteiger partial charge in [0.2, 0.25) is 0 Å². The van der Waals surface area contributed by atoms with Crippen LogP contribution in [0, 0.1) is 11.3 Å². The number of rotatable bonds is 5. The van der Waals surface area contributed by atoms with Crippen LogP contribution in [0.3, 0.4) is 0 Å². The minimum absolute atomic E-state index is 0.0931. The molecule has 3 aromatic rings. The number of hydrogen-bond acceptors (Lipinski definition) is 3. The van der Waals surface area contributed by atoms with Crippen molar-refractivity contribution in [2.75, 3.05) is 6.61 Å². The fraction of sp³-hybridized carbons (Fsp3) is 0.143. The molecule has 0 atom stereocenters. The lowest BCUT2D eigenvalue weighted by molar-refractivity contribution is -0.137. The fourth-order valence-electron chi connectivity index (χ4n) is 2.90. The molecule has 27 heavy (non-hydrogen) atoms. The molecule has 0 aliphatic heterocycles. The van der Waals surface area contributed by atoms with Crippen molar-refractivity contribution in [3.63, 3.8) is 0 Å². The fourth-order valence-corrected chi connectivity index (χ4v) is 3.42. The van der Waals surface area contributed by atoms with Gasteiger partial charge in [0.15, 0.2) is 0 Å². The summed E-state index contributed by atoms with van der Waals surface area (Å²) in [5.41, 5.74) is 2.41. The number of benzene rings is 2. The Morgan fingerprint density at radius 3 is 2.70 bits per heavy atom. The highest BCUT2D eigenvalue weighted by atomic mass is 35.5. The summed E-state index contributed by atoms with van der Waals surface area (Å²) in [5, 5.41) is 11.3. The second kappa shape index (κ2) is 8.30. The SMILES string of the molecule is CCOC(=O)C(C#N)=Cc1c(Cl)n(Cc2cccc(Cl)c2)c2ccccc12. The van der Waals surface area contributed by atoms with Gasteiger partial charge in [-0.15, -0.1) is 0 Å². The molecule has 1 aromatic heterocycles. The molecule has 0 saturated heterocycles. The Kier molecular flexibility index (Phi) is 5.85. The summed E-state index contributed by atoms with van der Waals surface area (Å²) in [6, 6.07) is 17.1. The van der Waals surface area contributed by atoms with Gasteiger partial charge in [0.05, 0.1) is 12.1 Å². The number of fused-ring (bicyclic) bond motifs is 1. The molecule has 2 aromatic carbocycles. The zero-order chi connectivity index (χ0) is 19.4. The zero-order valence-corrected chi connectivity index (χ0v) is 16.1. The van der Waals surface area contributed by atoms with Crippen LogP contribution >= 0.6 is 23.2 Å². The van der Waals surface area contributed by atoms with Crippen molar-refractivity contribution in [2.24, 2.45) is 0 Å². The van der Waals surface area contributed by atoms with Crippen LogP contribution in [0.15, 0.2) is 54.1 Å². The topological polar surface area (TPSA) is 55.0 Å². The molecule has 0 spiro atoms. The van der Waals surface area contributed by atoms with E-state index in [0.29, 0.717) is 22.3 Å². The zero-order valence-electron chi connectivity index (χ0n) is 14.6. The summed E-state index contributed by atoms with van der Waals surface area (Å²) in [7, 11) is 0. The first kappa shape index (κ1) is 19.0. The maximum atomic E-state index is 12.0. The maximum Gasteiger partial charge on any atom is 0.348 e. The Hall–Kier alpha value is -2.74. The summed E-state index contributed by atoms with van der Waals surface area (Å²) in [4.78, 5) is 12.0.